The van der Waals surface area contributed by atoms with E-state index < -0.39 is 8.07 Å². The maximum atomic E-state index is 12.4. The molecule has 0 radical (unpaired) electrons. The molecule has 24 heavy (non-hydrogen) atoms. The minimum atomic E-state index is -2.48. The van der Waals surface area contributed by atoms with Gasteiger partial charge in [0.1, 0.15) is 0 Å². The molecule has 3 rings (SSSR count). The highest BCUT2D eigenvalue weighted by molar-refractivity contribution is 7.12. The van der Waals surface area contributed by atoms with E-state index in [1.165, 1.54) is 22.7 Å². The van der Waals surface area contributed by atoms with Crippen LogP contribution in [0.25, 0.3) is 0 Å². The van der Waals surface area contributed by atoms with Crippen LogP contribution >= 0.6 is 0 Å². The lowest BCUT2D eigenvalue weighted by molar-refractivity contribution is -0.137. The van der Waals surface area contributed by atoms with Crippen LogP contribution in [0.15, 0.2) is 91.0 Å². The number of methoxy groups -OCH3 is 1. The minimum Gasteiger partial charge on any atom is -0.469 e. The van der Waals surface area contributed by atoms with Gasteiger partial charge in [0, 0.05) is 0 Å². The number of esters is 1. The van der Waals surface area contributed by atoms with Gasteiger partial charge in [-0.1, -0.05) is 91.0 Å². The van der Waals surface area contributed by atoms with Crippen LogP contribution < -0.4 is 15.6 Å². The van der Waals surface area contributed by atoms with Crippen molar-refractivity contribution in [1.29, 1.82) is 0 Å². The minimum absolute atomic E-state index is 0.168. The molecule has 3 aromatic carbocycles. The second kappa shape index (κ2) is 7.28. The van der Waals surface area contributed by atoms with Gasteiger partial charge in [-0.15, -0.1) is 0 Å². The van der Waals surface area contributed by atoms with E-state index in [-0.39, 0.29) is 5.97 Å². The summed E-state index contributed by atoms with van der Waals surface area (Å²) < 4.78 is 5.07. The maximum Gasteiger partial charge on any atom is 0.303 e. The second-order valence-corrected chi connectivity index (χ2v) is 9.65. The van der Waals surface area contributed by atoms with E-state index in [4.69, 9.17) is 4.74 Å². The zero-order valence-corrected chi connectivity index (χ0v) is 14.7. The van der Waals surface area contributed by atoms with Crippen molar-refractivity contribution in [2.24, 2.45) is 0 Å². The van der Waals surface area contributed by atoms with Gasteiger partial charge in [0.15, 0.2) is 8.07 Å². The van der Waals surface area contributed by atoms with Crippen LogP contribution in [0.3, 0.4) is 0 Å². The fourth-order valence-corrected chi connectivity index (χ4v) is 7.74. The molecule has 0 bridgehead atoms. The van der Waals surface area contributed by atoms with Crippen molar-refractivity contribution in [3.05, 3.63) is 91.0 Å². The molecule has 0 fully saturated rings. The smallest absolute Gasteiger partial charge is 0.303 e. The zero-order chi connectivity index (χ0) is 16.8. The van der Waals surface area contributed by atoms with Crippen LogP contribution in [0.5, 0.6) is 0 Å². The first-order valence-electron chi connectivity index (χ1n) is 8.01. The highest BCUT2D eigenvalue weighted by Gasteiger charge is 2.41. The first-order chi connectivity index (χ1) is 11.8. The summed E-state index contributed by atoms with van der Waals surface area (Å²) >= 11 is 0. The maximum absolute atomic E-state index is 12.4. The van der Waals surface area contributed by atoms with E-state index in [1.807, 2.05) is 54.6 Å². The van der Waals surface area contributed by atoms with Gasteiger partial charge in [0.2, 0.25) is 0 Å². The van der Waals surface area contributed by atoms with Crippen molar-refractivity contribution >= 4 is 29.6 Å². The van der Waals surface area contributed by atoms with Gasteiger partial charge in [0.05, 0.1) is 13.2 Å². The summed E-state index contributed by atoms with van der Waals surface area (Å²) in [5.74, 6) is -0.168. The van der Waals surface area contributed by atoms with Crippen LogP contribution in [0.1, 0.15) is 0 Å². The predicted molar refractivity (Wildman–Crippen MR) is 101 cm³/mol. The third-order valence-electron chi connectivity index (χ3n) is 4.44. The summed E-state index contributed by atoms with van der Waals surface area (Å²) in [6.07, 6.45) is 0. The number of ether oxygens (including phenoxy) is 1. The Morgan fingerprint density at radius 3 is 1.33 bits per heavy atom. The van der Waals surface area contributed by atoms with Gasteiger partial charge in [-0.3, -0.25) is 4.79 Å². The van der Waals surface area contributed by atoms with Crippen molar-refractivity contribution in [3.63, 3.8) is 0 Å². The van der Waals surface area contributed by atoms with Gasteiger partial charge in [-0.05, 0) is 15.6 Å². The van der Waals surface area contributed by atoms with Crippen molar-refractivity contribution in [1.82, 2.24) is 0 Å². The summed E-state index contributed by atoms with van der Waals surface area (Å²) in [5, 5.41) is 3.65. The molecule has 120 valence electrons. The SMILES string of the molecule is COC(=O)C[Si](c1ccccc1)(c1ccccc1)c1ccccc1. The van der Waals surface area contributed by atoms with Gasteiger partial charge >= 0.3 is 5.97 Å². The number of rotatable bonds is 5. The fourth-order valence-electron chi connectivity index (χ4n) is 3.26. The van der Waals surface area contributed by atoms with E-state index >= 15 is 0 Å². The Kier molecular flexibility index (Phi) is 4.92. The van der Waals surface area contributed by atoms with E-state index in [9.17, 15) is 4.79 Å². The largest absolute Gasteiger partial charge is 0.469 e. The number of carbonyl (C=O) groups excluding carboxylic acids is 1. The molecule has 0 saturated heterocycles. The van der Waals surface area contributed by atoms with Crippen LogP contribution in [0, 0.1) is 0 Å². The summed E-state index contributed by atoms with van der Waals surface area (Å²) in [6, 6.07) is 31.5. The lowest BCUT2D eigenvalue weighted by Gasteiger charge is -2.32. The van der Waals surface area contributed by atoms with Gasteiger partial charge in [-0.25, -0.2) is 0 Å². The lowest BCUT2D eigenvalue weighted by atomic mass is 10.3. The van der Waals surface area contributed by atoms with E-state index in [2.05, 4.69) is 36.4 Å². The summed E-state index contributed by atoms with van der Waals surface area (Å²) in [7, 11) is -1.02. The van der Waals surface area contributed by atoms with Crippen LogP contribution in [0.4, 0.5) is 0 Å². The highest BCUT2D eigenvalue weighted by Crippen LogP contribution is 2.13. The molecule has 0 unspecified atom stereocenters. The molecule has 3 aromatic rings. The average Bonchev–Trinajstić information content (AvgIpc) is 2.68. The summed E-state index contributed by atoms with van der Waals surface area (Å²) in [4.78, 5) is 12.4. The third kappa shape index (κ3) is 3.03. The van der Waals surface area contributed by atoms with E-state index in [0.29, 0.717) is 6.04 Å². The van der Waals surface area contributed by atoms with Gasteiger partial charge in [0.25, 0.3) is 0 Å². The van der Waals surface area contributed by atoms with Crippen molar-refractivity contribution in [2.75, 3.05) is 7.11 Å². The molecular formula is C21H20O2Si. The monoisotopic (exact) mass is 332 g/mol. The molecule has 0 aliphatic heterocycles. The lowest BCUT2D eigenvalue weighted by Crippen LogP contribution is -2.67. The molecular weight excluding hydrogens is 312 g/mol. The van der Waals surface area contributed by atoms with Crippen molar-refractivity contribution < 1.29 is 9.53 Å². The van der Waals surface area contributed by atoms with Crippen LogP contribution in [0.2, 0.25) is 6.04 Å². The zero-order valence-electron chi connectivity index (χ0n) is 13.7. The molecule has 3 heteroatoms. The van der Waals surface area contributed by atoms with Crippen LogP contribution in [-0.2, 0) is 9.53 Å². The Hall–Kier alpha value is -2.65. The number of benzene rings is 3. The average molecular weight is 332 g/mol. The Bertz CT molecular complexity index is 689. The third-order valence-corrected chi connectivity index (χ3v) is 9.21. The number of hydrogen-bond acceptors (Lipinski definition) is 2. The van der Waals surface area contributed by atoms with Gasteiger partial charge in [-0.2, -0.15) is 0 Å². The standard InChI is InChI=1S/C21H20O2Si/c1-23-21(22)17-24(18-11-5-2-6-12-18,19-13-7-3-8-14-19)20-15-9-4-10-16-20/h2-16H,17H2,1H3. The first-order valence-corrected chi connectivity index (χ1v) is 10.2. The molecule has 0 aromatic heterocycles. The molecule has 0 N–H and O–H groups in total. The highest BCUT2D eigenvalue weighted by atomic mass is 28.3. The molecule has 0 saturated carbocycles. The topological polar surface area (TPSA) is 26.3 Å². The normalized spacial score (nSPS) is 11.0. The van der Waals surface area contributed by atoms with E-state index in [1.54, 1.807) is 0 Å². The summed E-state index contributed by atoms with van der Waals surface area (Å²) in [5.41, 5.74) is 0. The molecule has 0 amide bonds. The first kappa shape index (κ1) is 16.2. The number of carbonyl (C=O) groups is 1. The molecule has 0 spiro atoms. The van der Waals surface area contributed by atoms with E-state index in [0.717, 1.165) is 0 Å². The summed E-state index contributed by atoms with van der Waals surface area (Å²) in [6.45, 7) is 0. The Morgan fingerprint density at radius 2 is 1.04 bits per heavy atom. The molecule has 0 aliphatic carbocycles. The molecule has 0 heterocycles. The molecule has 0 aliphatic rings. The Balaban J connectivity index is 2.30. The van der Waals surface area contributed by atoms with Crippen LogP contribution in [-0.4, -0.2) is 21.2 Å². The second-order valence-electron chi connectivity index (χ2n) is 5.76. The Morgan fingerprint density at radius 1 is 0.708 bits per heavy atom. The van der Waals surface area contributed by atoms with Crippen molar-refractivity contribution in [3.8, 4) is 0 Å². The molecule has 2 nitrogen and oxygen atoms in total. The quantitative estimate of drug-likeness (QED) is 0.407. The number of hydrogen-bond donors (Lipinski definition) is 0. The van der Waals surface area contributed by atoms with Gasteiger partial charge < -0.3 is 4.74 Å². The van der Waals surface area contributed by atoms with Crippen molar-refractivity contribution in [2.45, 2.75) is 6.04 Å². The Labute approximate surface area is 143 Å². The predicted octanol–water partition coefficient (Wildman–Crippen LogP) is 2.33. The molecule has 0 atom stereocenters. The fraction of sp³-hybridized carbons (Fsp3) is 0.0952.